The number of carbonyl (C=O) groups is 4. The van der Waals surface area contributed by atoms with Gasteiger partial charge in [0.2, 0.25) is 5.91 Å². The first-order chi connectivity index (χ1) is 16.3. The second kappa shape index (κ2) is 10.6. The number of rotatable bonds is 6. The van der Waals surface area contributed by atoms with E-state index in [1.807, 2.05) is 0 Å². The zero-order chi connectivity index (χ0) is 25.9. The van der Waals surface area contributed by atoms with Gasteiger partial charge in [0, 0.05) is 19.0 Å². The smallest absolute Gasteiger partial charge is 0.414 e. The van der Waals surface area contributed by atoms with Gasteiger partial charge >= 0.3 is 6.09 Å². The highest BCUT2D eigenvalue weighted by atomic mass is 35.5. The molecular weight excluding hydrogens is 494 g/mol. The highest BCUT2D eigenvalue weighted by Gasteiger charge is 2.31. The fourth-order valence-electron chi connectivity index (χ4n) is 3.18. The van der Waals surface area contributed by atoms with Crippen molar-refractivity contribution in [1.82, 2.24) is 5.32 Å². The molecule has 0 spiro atoms. The fourth-order valence-corrected chi connectivity index (χ4v) is 4.21. The van der Waals surface area contributed by atoms with Gasteiger partial charge in [-0.25, -0.2) is 4.79 Å². The lowest BCUT2D eigenvalue weighted by atomic mass is 10.1. The number of carbonyl (C=O) groups excluding carboxylic acids is 4. The summed E-state index contributed by atoms with van der Waals surface area (Å²) in [6.07, 6.45) is -0.248. The van der Waals surface area contributed by atoms with E-state index in [4.69, 9.17) is 21.2 Å². The molecule has 1 heterocycles. The van der Waals surface area contributed by atoms with Crippen LogP contribution in [-0.2, 0) is 20.7 Å². The van der Waals surface area contributed by atoms with Gasteiger partial charge in [-0.15, -0.1) is 5.06 Å². The summed E-state index contributed by atoms with van der Waals surface area (Å²) in [5.41, 5.74) is 0.711. The van der Waals surface area contributed by atoms with Gasteiger partial charge in [0.15, 0.2) is 5.75 Å². The Morgan fingerprint density at radius 2 is 1.74 bits per heavy atom. The van der Waals surface area contributed by atoms with Crippen molar-refractivity contribution in [2.75, 3.05) is 17.0 Å². The van der Waals surface area contributed by atoms with Gasteiger partial charge in [-0.1, -0.05) is 35.5 Å². The first-order valence-corrected chi connectivity index (χ1v) is 11.9. The Labute approximate surface area is 212 Å². The Bertz CT molecular complexity index is 1150. The quantitative estimate of drug-likeness (QED) is 0.538. The van der Waals surface area contributed by atoms with Crippen LogP contribution in [0, 0.1) is 0 Å². The van der Waals surface area contributed by atoms with E-state index in [9.17, 15) is 19.2 Å². The van der Waals surface area contributed by atoms with Crippen LogP contribution >= 0.6 is 23.4 Å². The summed E-state index contributed by atoms with van der Waals surface area (Å²) in [5.74, 6) is -0.399. The number of hydrogen-bond donors (Lipinski definition) is 1. The molecule has 1 aliphatic rings. The molecule has 0 aliphatic carbocycles. The van der Waals surface area contributed by atoms with Crippen LogP contribution in [0.4, 0.5) is 21.0 Å². The van der Waals surface area contributed by atoms with Crippen molar-refractivity contribution in [2.45, 2.75) is 45.0 Å². The van der Waals surface area contributed by atoms with Crippen molar-refractivity contribution in [2.24, 2.45) is 0 Å². The van der Waals surface area contributed by atoms with Crippen molar-refractivity contribution < 1.29 is 28.8 Å². The Morgan fingerprint density at radius 3 is 2.29 bits per heavy atom. The minimum absolute atomic E-state index is 0.289. The molecule has 186 valence electrons. The predicted octanol–water partition coefficient (Wildman–Crippen LogP) is 4.95. The third-order valence-electron chi connectivity index (χ3n) is 4.78. The Kier molecular flexibility index (Phi) is 7.97. The lowest BCUT2D eigenvalue weighted by molar-refractivity contribution is -0.120. The normalized spacial score (nSPS) is 15.4. The predicted molar refractivity (Wildman–Crippen MR) is 135 cm³/mol. The molecule has 1 saturated heterocycles. The molecule has 0 bridgehead atoms. The van der Waals surface area contributed by atoms with Crippen LogP contribution in [0.15, 0.2) is 42.5 Å². The number of thioether (sulfide) groups is 1. The molecule has 1 N–H and O–H groups in total. The number of benzene rings is 2. The van der Waals surface area contributed by atoms with Gasteiger partial charge in [0.1, 0.15) is 11.3 Å². The number of nitrogens with one attached hydrogen (secondary N) is 1. The minimum Gasteiger partial charge on any atom is -0.443 e. The van der Waals surface area contributed by atoms with Gasteiger partial charge in [0.25, 0.3) is 11.1 Å². The lowest BCUT2D eigenvalue weighted by Gasteiger charge is -2.29. The molecule has 0 saturated carbocycles. The molecule has 11 heteroatoms. The molecule has 1 unspecified atom stereocenters. The highest BCUT2D eigenvalue weighted by Crippen LogP contribution is 2.34. The number of halogens is 1. The van der Waals surface area contributed by atoms with Crippen molar-refractivity contribution in [3.05, 3.63) is 53.1 Å². The number of ether oxygens (including phenoxy) is 1. The molecule has 4 amide bonds. The molecule has 9 nitrogen and oxygen atoms in total. The van der Waals surface area contributed by atoms with Crippen LogP contribution in [0.1, 0.15) is 33.3 Å². The summed E-state index contributed by atoms with van der Waals surface area (Å²) in [6, 6.07) is 11.5. The lowest BCUT2D eigenvalue weighted by Crippen LogP contribution is -2.37. The van der Waals surface area contributed by atoms with E-state index in [-0.39, 0.29) is 16.8 Å². The maximum Gasteiger partial charge on any atom is 0.414 e. The molecule has 3 rings (SSSR count). The van der Waals surface area contributed by atoms with Crippen molar-refractivity contribution in [1.29, 1.82) is 0 Å². The average molecular weight is 520 g/mol. The molecule has 2 aromatic carbocycles. The first kappa shape index (κ1) is 26.4. The summed E-state index contributed by atoms with van der Waals surface area (Å²) >= 11 is 7.13. The molecule has 1 fully saturated rings. The molecule has 0 aromatic heterocycles. The molecule has 1 atom stereocenters. The first-order valence-electron chi connectivity index (χ1n) is 10.7. The van der Waals surface area contributed by atoms with E-state index in [1.165, 1.54) is 24.9 Å². The summed E-state index contributed by atoms with van der Waals surface area (Å²) in [4.78, 5) is 55.5. The van der Waals surface area contributed by atoms with E-state index in [0.29, 0.717) is 22.9 Å². The third kappa shape index (κ3) is 6.89. The second-order valence-corrected chi connectivity index (χ2v) is 10.4. The van der Waals surface area contributed by atoms with Crippen LogP contribution in [-0.4, -0.2) is 41.0 Å². The van der Waals surface area contributed by atoms with E-state index < -0.39 is 22.9 Å². The summed E-state index contributed by atoms with van der Waals surface area (Å²) in [7, 11) is 1.51. The minimum atomic E-state index is -0.715. The third-order valence-corrected chi connectivity index (χ3v) is 6.00. The van der Waals surface area contributed by atoms with E-state index in [0.717, 1.165) is 22.4 Å². The number of hydroxylamine groups is 1. The van der Waals surface area contributed by atoms with Gasteiger partial charge in [-0.05, 0) is 63.1 Å². The summed E-state index contributed by atoms with van der Waals surface area (Å²) in [5, 5.41) is 2.84. The Hall–Kier alpha value is -3.24. The van der Waals surface area contributed by atoms with Crippen LogP contribution in [0.25, 0.3) is 0 Å². The van der Waals surface area contributed by atoms with E-state index in [1.54, 1.807) is 57.2 Å². The monoisotopic (exact) mass is 519 g/mol. The zero-order valence-corrected chi connectivity index (χ0v) is 21.5. The van der Waals surface area contributed by atoms with Crippen molar-refractivity contribution >= 4 is 57.9 Å². The molecule has 1 aliphatic heterocycles. The number of amides is 4. The largest absolute Gasteiger partial charge is 0.443 e. The number of nitrogens with zero attached hydrogens (tertiary/aromatic N) is 2. The highest BCUT2D eigenvalue weighted by molar-refractivity contribution is 8.15. The molecule has 35 heavy (non-hydrogen) atoms. The fraction of sp³-hybridized carbons (Fsp3) is 0.333. The van der Waals surface area contributed by atoms with Gasteiger partial charge < -0.3 is 9.57 Å². The standard InChI is InChI=1S/C24H26ClN3O6S/c1-14(29)28(18-11-8-16(25)13-19(18)27(5)23(32)33-24(2,3)4)34-17-9-6-15(7-10-17)12-20-21(30)26-22(31)35-20/h6-11,13,20H,12H2,1-5H3,(H,26,30,31). The van der Waals surface area contributed by atoms with Gasteiger partial charge in [-0.2, -0.15) is 0 Å². The zero-order valence-electron chi connectivity index (χ0n) is 20.0. The summed E-state index contributed by atoms with van der Waals surface area (Å²) in [6.45, 7) is 6.58. The maximum absolute atomic E-state index is 12.7. The Balaban J connectivity index is 1.82. The van der Waals surface area contributed by atoms with Gasteiger partial charge in [-0.3, -0.25) is 24.6 Å². The van der Waals surface area contributed by atoms with Crippen LogP contribution in [0.2, 0.25) is 5.02 Å². The molecule has 2 aromatic rings. The topological polar surface area (TPSA) is 105 Å². The van der Waals surface area contributed by atoms with Crippen LogP contribution in [0.5, 0.6) is 5.75 Å². The number of hydrogen-bond acceptors (Lipinski definition) is 7. The molecular formula is C24H26ClN3O6S. The Morgan fingerprint density at radius 1 is 1.09 bits per heavy atom. The van der Waals surface area contributed by atoms with Crippen molar-refractivity contribution in [3.8, 4) is 5.75 Å². The number of anilines is 2. The van der Waals surface area contributed by atoms with E-state index >= 15 is 0 Å². The van der Waals surface area contributed by atoms with Gasteiger partial charge in [0.05, 0.1) is 10.9 Å². The second-order valence-electron chi connectivity index (χ2n) is 8.81. The average Bonchev–Trinajstić information content (AvgIpc) is 3.08. The van der Waals surface area contributed by atoms with E-state index in [2.05, 4.69) is 5.32 Å². The van der Waals surface area contributed by atoms with Crippen LogP contribution < -0.4 is 20.1 Å². The summed E-state index contributed by atoms with van der Waals surface area (Å²) < 4.78 is 5.44. The SMILES string of the molecule is CC(=O)N(Oc1ccc(CC2SC(=O)NC2=O)cc1)c1ccc(Cl)cc1N(C)C(=O)OC(C)(C)C. The number of imide groups is 1. The maximum atomic E-state index is 12.7. The molecule has 0 radical (unpaired) electrons. The van der Waals surface area contributed by atoms with Crippen molar-refractivity contribution in [3.63, 3.8) is 0 Å². The van der Waals surface area contributed by atoms with Crippen LogP contribution in [0.3, 0.4) is 0 Å².